The number of unbranched alkanes of at least 4 members (excludes halogenated alkanes) is 12. The zero-order valence-corrected chi connectivity index (χ0v) is 62.2. The van der Waals surface area contributed by atoms with E-state index in [1.165, 1.54) is 56.9 Å². The molecule has 3 aliphatic rings. The zero-order chi connectivity index (χ0) is 80.8. The number of carbonyl (C=O) groups excluding carboxylic acids is 11. The fraction of sp³-hybridized carbons (Fsp3) is 0.729. The Morgan fingerprint density at radius 3 is 1.81 bits per heavy atom. The molecule has 108 heavy (non-hydrogen) atoms. The van der Waals surface area contributed by atoms with Crippen molar-refractivity contribution in [1.82, 2.24) is 47.4 Å². The minimum Gasteiger partial charge on any atom is -0.508 e. The molecule has 38 nitrogen and oxygen atoms in total. The highest BCUT2D eigenvalue weighted by molar-refractivity contribution is 6.02. The summed E-state index contributed by atoms with van der Waals surface area (Å²) in [5, 5.41) is 147. The van der Waals surface area contributed by atoms with E-state index in [0.717, 1.165) is 92.7 Å². The van der Waals surface area contributed by atoms with Gasteiger partial charge in [-0.05, 0) is 72.1 Å². The third kappa shape index (κ3) is 28.6. The third-order valence-electron chi connectivity index (χ3n) is 18.7. The second kappa shape index (κ2) is 46.1. The maximum atomic E-state index is 15.0. The molecule has 3 fully saturated rings. The predicted molar refractivity (Wildman–Crippen MR) is 377 cm³/mol. The van der Waals surface area contributed by atoms with E-state index in [4.69, 9.17) is 29.4 Å². The van der Waals surface area contributed by atoms with Gasteiger partial charge in [-0.2, -0.15) is 0 Å². The molecule has 3 heterocycles. The number of nitrogens with zero attached hydrogens (tertiary/aromatic N) is 1. The summed E-state index contributed by atoms with van der Waals surface area (Å²) >= 11 is 0. The number of aliphatic hydroxyl groups is 11. The number of benzene rings is 1. The number of hydrogen-bond donors (Lipinski definition) is 21. The second-order valence-corrected chi connectivity index (χ2v) is 27.6. The molecule has 22 N–H and O–H groups in total. The quantitative estimate of drug-likeness (QED) is 0.0177. The lowest BCUT2D eigenvalue weighted by molar-refractivity contribution is -0.312. The Hall–Kier alpha value is -7.67. The van der Waals surface area contributed by atoms with E-state index in [-0.39, 0.29) is 17.7 Å². The number of allylic oxidation sites excluding steroid dienone is 1. The van der Waals surface area contributed by atoms with Crippen LogP contribution in [-0.2, 0) is 82.8 Å². The molecule has 23 atom stereocenters. The number of rotatable bonds is 33. The summed E-state index contributed by atoms with van der Waals surface area (Å²) in [6.07, 6.45) is -18.1. The molecular formula is C70H114N10O28. The molecule has 1 aromatic rings. The number of hydrogen-bond acceptors (Lipinski definition) is 28. The van der Waals surface area contributed by atoms with Crippen LogP contribution in [0, 0.1) is 0 Å². The van der Waals surface area contributed by atoms with Gasteiger partial charge in [-0.3, -0.25) is 47.9 Å². The summed E-state index contributed by atoms with van der Waals surface area (Å²) in [5.74, 6) is -14.8. The molecule has 3 aliphatic heterocycles. The van der Waals surface area contributed by atoms with Crippen LogP contribution < -0.4 is 48.3 Å². The number of likely N-dealkylation sites (N-methyl/N-ethyl adjacent to an activating group) is 1. The van der Waals surface area contributed by atoms with E-state index in [1.54, 1.807) is 0 Å². The topological polar surface area (TPSA) is 602 Å². The van der Waals surface area contributed by atoms with Crippen molar-refractivity contribution < 1.29 is 138 Å². The monoisotopic (exact) mass is 1540 g/mol. The number of primary amides is 1. The van der Waals surface area contributed by atoms with Crippen molar-refractivity contribution >= 4 is 65.0 Å². The van der Waals surface area contributed by atoms with Crippen molar-refractivity contribution in [2.75, 3.05) is 26.8 Å². The summed E-state index contributed by atoms with van der Waals surface area (Å²) in [7, 11) is 0.970. The average Bonchev–Trinajstić information content (AvgIpc) is 0.817. The van der Waals surface area contributed by atoms with Gasteiger partial charge in [0.25, 0.3) is 11.8 Å². The first-order valence-electron chi connectivity index (χ1n) is 36.6. The lowest BCUT2D eigenvalue weighted by Gasteiger charge is -2.42. The Morgan fingerprint density at radius 1 is 0.685 bits per heavy atom. The van der Waals surface area contributed by atoms with Crippen LogP contribution in [0.1, 0.15) is 157 Å². The predicted octanol–water partition coefficient (Wildman–Crippen LogP) is -5.97. The first-order valence-corrected chi connectivity index (χ1v) is 36.6. The molecule has 38 heteroatoms. The molecule has 23 unspecified atom stereocenters. The number of phenols is 1. The smallest absolute Gasteiger partial charge is 0.331 e. The molecule has 0 saturated carbocycles. The van der Waals surface area contributed by atoms with Gasteiger partial charge in [0.15, 0.2) is 24.7 Å². The highest BCUT2D eigenvalue weighted by Gasteiger charge is 2.48. The van der Waals surface area contributed by atoms with E-state index >= 15 is 4.79 Å². The van der Waals surface area contributed by atoms with E-state index < -0.39 is 250 Å². The molecule has 3 saturated heterocycles. The van der Waals surface area contributed by atoms with E-state index in [0.29, 0.717) is 17.7 Å². The fourth-order valence-electron chi connectivity index (χ4n) is 12.1. The Morgan fingerprint density at radius 2 is 1.26 bits per heavy atom. The van der Waals surface area contributed by atoms with Crippen LogP contribution in [0.2, 0.25) is 0 Å². The Bertz CT molecular complexity index is 3110. The lowest BCUT2D eigenvalue weighted by atomic mass is 9.99. The Kier molecular flexibility index (Phi) is 39.6. The number of nitrogens with one attached hydrogen (secondary N) is 8. The van der Waals surface area contributed by atoms with E-state index in [1.807, 2.05) is 0 Å². The maximum Gasteiger partial charge on any atom is 0.331 e. The van der Waals surface area contributed by atoms with Gasteiger partial charge >= 0.3 is 5.97 Å². The number of aliphatic hydroxyl groups excluding tert-OH is 11. The van der Waals surface area contributed by atoms with Crippen LogP contribution >= 0.6 is 0 Å². The van der Waals surface area contributed by atoms with Crippen molar-refractivity contribution in [2.24, 2.45) is 5.73 Å². The van der Waals surface area contributed by atoms with Crippen LogP contribution in [-0.4, -0.2) is 298 Å². The summed E-state index contributed by atoms with van der Waals surface area (Å²) < 4.78 is 28.3. The largest absolute Gasteiger partial charge is 0.508 e. The lowest BCUT2D eigenvalue weighted by Crippen LogP contribution is -2.65. The molecule has 0 spiro atoms. The van der Waals surface area contributed by atoms with Crippen LogP contribution in [0.4, 0.5) is 0 Å². The molecule has 0 bridgehead atoms. The molecular weight excluding hydrogens is 1430 g/mol. The van der Waals surface area contributed by atoms with Crippen LogP contribution in [0.25, 0.3) is 0 Å². The minimum atomic E-state index is -2.37. The molecule has 0 aliphatic carbocycles. The maximum absolute atomic E-state index is 15.0. The van der Waals surface area contributed by atoms with Crippen molar-refractivity contribution in [2.45, 2.75) is 298 Å². The average molecular weight is 1540 g/mol. The van der Waals surface area contributed by atoms with Crippen molar-refractivity contribution in [1.29, 1.82) is 0 Å². The van der Waals surface area contributed by atoms with Gasteiger partial charge in [0, 0.05) is 19.9 Å². The molecule has 612 valence electrons. The molecule has 1 aromatic carbocycles. The first-order chi connectivity index (χ1) is 51.0. The zero-order valence-electron chi connectivity index (χ0n) is 62.2. The second-order valence-electron chi connectivity index (χ2n) is 27.6. The van der Waals surface area contributed by atoms with Gasteiger partial charge in [-0.25, -0.2) is 4.79 Å². The van der Waals surface area contributed by atoms with Gasteiger partial charge in [0.1, 0.15) is 96.5 Å². The summed E-state index contributed by atoms with van der Waals surface area (Å²) in [5.41, 5.74) is 5.05. The summed E-state index contributed by atoms with van der Waals surface area (Å²) in [6, 6.07) is -9.50. The van der Waals surface area contributed by atoms with Crippen LogP contribution in [0.3, 0.4) is 0 Å². The van der Waals surface area contributed by atoms with Crippen molar-refractivity contribution in [3.63, 3.8) is 0 Å². The number of esters is 1. The van der Waals surface area contributed by atoms with E-state index in [9.17, 15) is 109 Å². The van der Waals surface area contributed by atoms with Crippen LogP contribution in [0.5, 0.6) is 5.75 Å². The van der Waals surface area contributed by atoms with Gasteiger partial charge < -0.3 is 138 Å². The Labute approximate surface area is 625 Å². The SMILES string of the molecule is CC=C1NC(=O)C(Cc2ccc(O)cc2)NC(=O)C(C(C)O)NC(=O)C(NC(=O)C(NC(=O)C(O)C(CCCCCCCCCCCCCCC)OC2OCC(O)C(O)C2O)C(C)O)C(C)OC(=O)C(C(C)O)NC(=O)C(C(C)OC2OC(CO)C(O)C(O)C2O)N(C)C(=O)CNC(=O)C(CCC(N)=O)NC1=O. The third-order valence-corrected chi connectivity index (χ3v) is 18.7. The van der Waals surface area contributed by atoms with Crippen molar-refractivity contribution in [3.8, 4) is 5.75 Å². The van der Waals surface area contributed by atoms with Crippen LogP contribution in [0.15, 0.2) is 36.0 Å². The van der Waals surface area contributed by atoms with Gasteiger partial charge in [-0.15, -0.1) is 0 Å². The van der Waals surface area contributed by atoms with Gasteiger partial charge in [0.2, 0.25) is 47.3 Å². The first kappa shape index (κ1) is 92.7. The van der Waals surface area contributed by atoms with E-state index in [2.05, 4.69) is 49.5 Å². The number of nitrogens with two attached hydrogens (primary N) is 1. The minimum absolute atomic E-state index is 0.0956. The highest BCUT2D eigenvalue weighted by atomic mass is 16.7. The van der Waals surface area contributed by atoms with Gasteiger partial charge in [0.05, 0.1) is 50.3 Å². The summed E-state index contributed by atoms with van der Waals surface area (Å²) in [6.45, 7) is 5.90. The normalized spacial score (nSPS) is 29.5. The fourth-order valence-corrected chi connectivity index (χ4v) is 12.1. The summed E-state index contributed by atoms with van der Waals surface area (Å²) in [4.78, 5) is 157. The number of aromatic hydroxyl groups is 1. The molecule has 0 aromatic heterocycles. The number of carbonyl (C=O) groups is 11. The molecule has 0 radical (unpaired) electrons. The van der Waals surface area contributed by atoms with Gasteiger partial charge in [-0.1, -0.05) is 109 Å². The standard InChI is InChI=1S/C70H114N10O28/c1-9-11-12-13-14-15-16-17-18-19-20-21-22-23-45(107-69-58(93)54(89)44(86)33-104-69)56(91)67(102)77-50(35(4)83)64(99)79-52-37(6)105-68(103)51(36(5)84)78-66(101)53(38(7)106-70-59(94)57(92)55(90)46(32-81)108-70)80(8)48(88)31-72-60(95)42(28-29-47(71)87)74-61(96)41(10-2)73-62(97)43(30-39-24-26-40(85)27-25-39)75-63(98)49(34(3)82)76-65(52)100/h10,24-27,34-38,42-46,49-59,69-70,81-86,89-94H,9,11-23,28-33H2,1-8H3,(H2,71,87)(H,72,95)(H,73,97)(H,74,96)(H,75,98)(H,76,100)(H,77,102)(H,78,101)(H,79,99). The Balaban J connectivity index is 1.82. The highest BCUT2D eigenvalue weighted by Crippen LogP contribution is 2.27. The molecule has 10 amide bonds. The number of ether oxygens (including phenoxy) is 5. The van der Waals surface area contributed by atoms with Crippen molar-refractivity contribution in [3.05, 3.63) is 41.6 Å². The molecule has 4 rings (SSSR count). The number of amides is 10. The number of cyclic esters (lactones) is 1. The number of phenolic OH excluding ortho intramolecular Hbond substituents is 1.